The molecule has 2 N–H and O–H groups in total. The van der Waals surface area contributed by atoms with E-state index in [1.807, 2.05) is 36.0 Å². The van der Waals surface area contributed by atoms with E-state index in [0.717, 1.165) is 39.1 Å². The van der Waals surface area contributed by atoms with Crippen molar-refractivity contribution in [3.63, 3.8) is 0 Å². The van der Waals surface area contributed by atoms with Crippen LogP contribution < -0.4 is 5.73 Å². The van der Waals surface area contributed by atoms with Crippen LogP contribution in [0, 0.1) is 0 Å². The van der Waals surface area contributed by atoms with Gasteiger partial charge in [0.05, 0.1) is 16.8 Å². The number of rotatable bonds is 9. The van der Waals surface area contributed by atoms with Gasteiger partial charge in [0, 0.05) is 21.4 Å². The molecule has 1 heterocycles. The standard InChI is InChI=1S/C60H44N2S/c1-39(37-55(61)46-18-7-4-8-19-46)59(62-40(2)41-25-27-43(28-26-41)42-15-5-3-6-16-42)47-31-29-44(30-32-47)48-34-35-53-57(38-48)63-56-24-14-13-23-52(56)60(53)51-22-12-11-21-50(51)58-49-20-10-9-17-45(49)33-36-54(58)60/h3-36,38,55H,1-2,37,61H2. The summed E-state index contributed by atoms with van der Waals surface area (Å²) >= 11 is 1.87. The van der Waals surface area contributed by atoms with E-state index < -0.39 is 5.41 Å². The zero-order valence-corrected chi connectivity index (χ0v) is 35.7. The van der Waals surface area contributed by atoms with Gasteiger partial charge in [-0.05, 0) is 102 Å². The van der Waals surface area contributed by atoms with Gasteiger partial charge in [0.2, 0.25) is 0 Å². The Morgan fingerprint density at radius 3 is 1.86 bits per heavy atom. The number of hydrogen-bond donors (Lipinski definition) is 1. The molecule has 2 atom stereocenters. The Labute approximate surface area is 373 Å². The molecule has 2 nitrogen and oxygen atoms in total. The lowest BCUT2D eigenvalue weighted by atomic mass is 9.67. The van der Waals surface area contributed by atoms with E-state index in [2.05, 4.69) is 201 Å². The summed E-state index contributed by atoms with van der Waals surface area (Å²) in [6, 6.07) is 76.2. The first-order valence-electron chi connectivity index (χ1n) is 21.5. The van der Waals surface area contributed by atoms with Gasteiger partial charge in [-0.1, -0.05) is 225 Å². The Bertz CT molecular complexity index is 3260. The molecule has 3 heteroatoms. The van der Waals surface area contributed by atoms with Gasteiger partial charge < -0.3 is 5.73 Å². The van der Waals surface area contributed by atoms with E-state index in [4.69, 9.17) is 10.7 Å². The quantitative estimate of drug-likeness (QED) is 0.147. The molecule has 2 unspecified atom stereocenters. The van der Waals surface area contributed by atoms with Crippen LogP contribution in [0.4, 0.5) is 0 Å². The van der Waals surface area contributed by atoms with E-state index in [1.54, 1.807) is 0 Å². The summed E-state index contributed by atoms with van der Waals surface area (Å²) in [6.45, 7) is 9.02. The third-order valence-electron chi connectivity index (χ3n) is 12.9. The molecule has 0 fully saturated rings. The lowest BCUT2D eigenvalue weighted by Crippen LogP contribution is -2.31. The van der Waals surface area contributed by atoms with Crippen molar-refractivity contribution in [2.75, 3.05) is 0 Å². The molecule has 1 spiro atoms. The third-order valence-corrected chi connectivity index (χ3v) is 14.1. The van der Waals surface area contributed by atoms with Crippen LogP contribution >= 0.6 is 11.8 Å². The first-order chi connectivity index (χ1) is 31.0. The van der Waals surface area contributed by atoms with Gasteiger partial charge in [0.15, 0.2) is 0 Å². The van der Waals surface area contributed by atoms with Crippen LogP contribution in [-0.4, -0.2) is 5.71 Å². The number of nitrogens with zero attached hydrogens (tertiary/aromatic N) is 1. The molecule has 0 aromatic heterocycles. The van der Waals surface area contributed by atoms with Gasteiger partial charge >= 0.3 is 0 Å². The normalized spacial score (nSPS) is 15.3. The van der Waals surface area contributed by atoms with E-state index in [-0.39, 0.29) is 6.04 Å². The molecule has 0 bridgehead atoms. The third kappa shape index (κ3) is 6.60. The molecule has 9 aromatic rings. The molecular weight excluding hydrogens is 781 g/mol. The summed E-state index contributed by atoms with van der Waals surface area (Å²) < 4.78 is 0. The summed E-state index contributed by atoms with van der Waals surface area (Å²) in [4.78, 5) is 7.77. The van der Waals surface area contributed by atoms with Crippen molar-refractivity contribution >= 4 is 33.9 Å². The van der Waals surface area contributed by atoms with Gasteiger partial charge in [-0.2, -0.15) is 0 Å². The maximum absolute atomic E-state index is 6.79. The highest BCUT2D eigenvalue weighted by molar-refractivity contribution is 7.99. The van der Waals surface area contributed by atoms with Crippen LogP contribution in [0.3, 0.4) is 0 Å². The van der Waals surface area contributed by atoms with Crippen molar-refractivity contribution in [2.45, 2.75) is 27.7 Å². The highest BCUT2D eigenvalue weighted by atomic mass is 32.2. The molecule has 2 aliphatic rings. The monoisotopic (exact) mass is 824 g/mol. The highest BCUT2D eigenvalue weighted by Gasteiger charge is 2.50. The van der Waals surface area contributed by atoms with E-state index >= 15 is 0 Å². The molecule has 0 saturated carbocycles. The number of hydrogen-bond acceptors (Lipinski definition) is 3. The molecule has 300 valence electrons. The number of fused-ring (bicyclic) bond motifs is 11. The second-order valence-electron chi connectivity index (χ2n) is 16.6. The van der Waals surface area contributed by atoms with Crippen LogP contribution in [0.15, 0.2) is 246 Å². The average Bonchev–Trinajstić information content (AvgIpc) is 3.64. The Kier molecular flexibility index (Phi) is 9.73. The fourth-order valence-electron chi connectivity index (χ4n) is 9.89. The first-order valence-corrected chi connectivity index (χ1v) is 22.4. The molecule has 63 heavy (non-hydrogen) atoms. The summed E-state index contributed by atoms with van der Waals surface area (Å²) in [7, 11) is 0. The van der Waals surface area contributed by atoms with E-state index in [0.29, 0.717) is 12.1 Å². The summed E-state index contributed by atoms with van der Waals surface area (Å²) in [6.07, 6.45) is 0.554. The van der Waals surface area contributed by atoms with Crippen LogP contribution in [0.1, 0.15) is 51.4 Å². The summed E-state index contributed by atoms with van der Waals surface area (Å²) in [5, 5.41) is 2.56. The Balaban J connectivity index is 0.972. The molecule has 11 rings (SSSR count). The van der Waals surface area contributed by atoms with Gasteiger partial charge in [-0.3, -0.25) is 0 Å². The predicted molar refractivity (Wildman–Crippen MR) is 265 cm³/mol. The van der Waals surface area contributed by atoms with Crippen molar-refractivity contribution in [3.05, 3.63) is 270 Å². The smallest absolute Gasteiger partial charge is 0.0736 e. The molecule has 1 aliphatic carbocycles. The predicted octanol–water partition coefficient (Wildman–Crippen LogP) is 15.1. The lowest BCUT2D eigenvalue weighted by molar-refractivity contribution is 0.723. The zero-order valence-electron chi connectivity index (χ0n) is 34.8. The average molecular weight is 825 g/mol. The summed E-state index contributed by atoms with van der Waals surface area (Å²) in [5.74, 6) is 0. The molecule has 1 aliphatic heterocycles. The molecule has 0 saturated heterocycles. The summed E-state index contributed by atoms with van der Waals surface area (Å²) in [5.41, 5.74) is 24.3. The lowest BCUT2D eigenvalue weighted by Gasteiger charge is -2.40. The second-order valence-corrected chi connectivity index (χ2v) is 17.7. The maximum Gasteiger partial charge on any atom is 0.0736 e. The minimum atomic E-state index is -0.438. The second kappa shape index (κ2) is 15.9. The minimum absolute atomic E-state index is 0.222. The fourth-order valence-corrected chi connectivity index (χ4v) is 11.1. The number of benzene rings is 9. The van der Waals surface area contributed by atoms with Crippen molar-refractivity contribution in [1.82, 2.24) is 0 Å². The van der Waals surface area contributed by atoms with Crippen LogP contribution in [0.5, 0.6) is 0 Å². The van der Waals surface area contributed by atoms with Crippen LogP contribution in [-0.2, 0) is 5.41 Å². The minimum Gasteiger partial charge on any atom is -0.324 e. The van der Waals surface area contributed by atoms with Gasteiger partial charge in [-0.25, -0.2) is 4.99 Å². The Morgan fingerprint density at radius 2 is 1.08 bits per heavy atom. The maximum atomic E-state index is 6.79. The van der Waals surface area contributed by atoms with Gasteiger partial charge in [0.1, 0.15) is 0 Å². The van der Waals surface area contributed by atoms with Crippen LogP contribution in [0.2, 0.25) is 0 Å². The Hall–Kier alpha value is -7.30. The van der Waals surface area contributed by atoms with Gasteiger partial charge in [0.25, 0.3) is 0 Å². The topological polar surface area (TPSA) is 38.4 Å². The first kappa shape index (κ1) is 38.6. The Morgan fingerprint density at radius 1 is 0.508 bits per heavy atom. The van der Waals surface area contributed by atoms with Crippen molar-refractivity contribution in [3.8, 4) is 33.4 Å². The van der Waals surface area contributed by atoms with Gasteiger partial charge in [-0.15, -0.1) is 0 Å². The number of aliphatic imine (C=N–C) groups is 1. The van der Waals surface area contributed by atoms with Crippen molar-refractivity contribution in [2.24, 2.45) is 10.7 Å². The largest absolute Gasteiger partial charge is 0.324 e. The molecule has 0 amide bonds. The number of nitrogens with two attached hydrogens (primary N) is 1. The highest BCUT2D eigenvalue weighted by Crippen LogP contribution is 2.63. The van der Waals surface area contributed by atoms with E-state index in [1.165, 1.54) is 65.1 Å². The SMILES string of the molecule is C=C(CC(N)c1ccccc1)C(=NC(=C)c1ccc(-c2ccccc2)cc1)c1ccc(-c2ccc3c(c2)Sc2ccccc2C32c3ccccc3-c3c2ccc2ccccc32)cc1. The van der Waals surface area contributed by atoms with Crippen molar-refractivity contribution < 1.29 is 0 Å². The van der Waals surface area contributed by atoms with Crippen molar-refractivity contribution in [1.29, 1.82) is 0 Å². The molecular formula is C60H44N2S. The molecule has 0 radical (unpaired) electrons. The van der Waals surface area contributed by atoms with Crippen LogP contribution in [0.25, 0.3) is 49.9 Å². The fraction of sp³-hybridized carbons (Fsp3) is 0.0500. The molecule has 9 aromatic carbocycles. The van der Waals surface area contributed by atoms with E-state index in [9.17, 15) is 0 Å². The zero-order chi connectivity index (χ0) is 42.5.